The Morgan fingerprint density at radius 1 is 1.13 bits per heavy atom. The molecular weight excluding hydrogens is 294 g/mol. The molecule has 0 unspecified atom stereocenters. The lowest BCUT2D eigenvalue weighted by molar-refractivity contribution is -0.137. The van der Waals surface area contributed by atoms with Crippen LogP contribution in [0.3, 0.4) is 0 Å². The molecule has 0 fully saturated rings. The molecule has 0 aliphatic heterocycles. The van der Waals surface area contributed by atoms with Gasteiger partial charge in [0.15, 0.2) is 0 Å². The van der Waals surface area contributed by atoms with Gasteiger partial charge in [-0.05, 0) is 57.0 Å². The van der Waals surface area contributed by atoms with Gasteiger partial charge in [0.05, 0.1) is 0 Å². The zero-order chi connectivity index (χ0) is 17.1. The van der Waals surface area contributed by atoms with Crippen LogP contribution in [0.4, 0.5) is 0 Å². The first-order chi connectivity index (χ1) is 11.0. The highest BCUT2D eigenvalue weighted by atomic mass is 16.5. The largest absolute Gasteiger partial charge is 0.490 e. The lowest BCUT2D eigenvalue weighted by Gasteiger charge is -2.07. The van der Waals surface area contributed by atoms with Crippen LogP contribution in [0, 0.1) is 0 Å². The molecule has 0 spiro atoms. The van der Waals surface area contributed by atoms with E-state index in [2.05, 4.69) is 5.32 Å². The zero-order valence-corrected chi connectivity index (χ0v) is 13.8. The average Bonchev–Trinajstić information content (AvgIpc) is 2.50. The van der Waals surface area contributed by atoms with Crippen molar-refractivity contribution in [2.75, 3.05) is 13.2 Å². The molecule has 0 bridgehead atoms. The Kier molecular flexibility index (Phi) is 8.50. The van der Waals surface area contributed by atoms with Crippen molar-refractivity contribution in [2.45, 2.75) is 39.5 Å². The van der Waals surface area contributed by atoms with Crippen molar-refractivity contribution in [3.05, 3.63) is 41.5 Å². The number of benzene rings is 1. The van der Waals surface area contributed by atoms with Crippen molar-refractivity contribution in [3.63, 3.8) is 0 Å². The smallest absolute Gasteiger partial charge is 0.303 e. The minimum atomic E-state index is -0.777. The average molecular weight is 319 g/mol. The topological polar surface area (TPSA) is 75.6 Å². The molecule has 0 aromatic heterocycles. The number of ether oxygens (including phenoxy) is 1. The van der Waals surface area contributed by atoms with Crippen LogP contribution < -0.4 is 10.1 Å². The highest BCUT2D eigenvalue weighted by Gasteiger charge is 2.05. The second kappa shape index (κ2) is 10.4. The summed E-state index contributed by atoms with van der Waals surface area (Å²) in [5, 5.41) is 11.4. The minimum Gasteiger partial charge on any atom is -0.490 e. The van der Waals surface area contributed by atoms with Gasteiger partial charge in [-0.25, -0.2) is 0 Å². The maximum Gasteiger partial charge on any atom is 0.303 e. The summed E-state index contributed by atoms with van der Waals surface area (Å²) >= 11 is 0. The number of unbranched alkanes of at least 4 members (excludes halogenated alkanes) is 2. The van der Waals surface area contributed by atoms with E-state index >= 15 is 0 Å². The third kappa shape index (κ3) is 8.66. The van der Waals surface area contributed by atoms with Crippen LogP contribution in [-0.4, -0.2) is 30.1 Å². The van der Waals surface area contributed by atoms with Crippen LogP contribution in [0.1, 0.15) is 49.9 Å². The third-order valence-electron chi connectivity index (χ3n) is 3.21. The van der Waals surface area contributed by atoms with Gasteiger partial charge in [0.25, 0.3) is 5.91 Å². The van der Waals surface area contributed by atoms with Gasteiger partial charge in [-0.3, -0.25) is 9.59 Å². The van der Waals surface area contributed by atoms with E-state index in [4.69, 9.17) is 9.84 Å². The Bertz CT molecular complexity index is 530. The number of amides is 1. The molecule has 2 N–H and O–H groups in total. The molecule has 1 aromatic carbocycles. The number of carbonyl (C=O) groups excluding carboxylic acids is 1. The highest BCUT2D eigenvalue weighted by Crippen LogP contribution is 2.12. The molecule has 1 rings (SSSR count). The molecule has 1 aromatic rings. The Labute approximate surface area is 137 Å². The van der Waals surface area contributed by atoms with Gasteiger partial charge < -0.3 is 15.2 Å². The summed E-state index contributed by atoms with van der Waals surface area (Å²) in [6, 6.07) is 7.02. The number of aliphatic carboxylic acids is 1. The molecule has 0 saturated heterocycles. The molecule has 0 heterocycles. The van der Waals surface area contributed by atoms with Crippen molar-refractivity contribution in [2.24, 2.45) is 0 Å². The Morgan fingerprint density at radius 2 is 1.83 bits per heavy atom. The Hall–Kier alpha value is -2.30. The third-order valence-corrected chi connectivity index (χ3v) is 3.21. The van der Waals surface area contributed by atoms with Crippen LogP contribution in [-0.2, 0) is 4.79 Å². The fourth-order valence-corrected chi connectivity index (χ4v) is 1.89. The van der Waals surface area contributed by atoms with Crippen LogP contribution in [0.25, 0.3) is 0 Å². The SMILES string of the molecule is CC(C)=CCOc1ccc(C(=O)NCCCCCC(=O)O)cc1. The first kappa shape index (κ1) is 18.7. The van der Waals surface area contributed by atoms with Gasteiger partial charge in [-0.1, -0.05) is 12.0 Å². The highest BCUT2D eigenvalue weighted by molar-refractivity contribution is 5.94. The summed E-state index contributed by atoms with van der Waals surface area (Å²) in [6.07, 6.45) is 4.39. The molecule has 5 heteroatoms. The maximum absolute atomic E-state index is 11.9. The lowest BCUT2D eigenvalue weighted by Crippen LogP contribution is -2.24. The molecule has 0 aliphatic rings. The normalized spacial score (nSPS) is 10.0. The second-order valence-corrected chi connectivity index (χ2v) is 5.58. The molecule has 23 heavy (non-hydrogen) atoms. The van der Waals surface area contributed by atoms with Crippen LogP contribution in [0.5, 0.6) is 5.75 Å². The standard InChI is InChI=1S/C18H25NO4/c1-14(2)11-13-23-16-9-7-15(8-10-16)18(22)19-12-5-3-4-6-17(20)21/h7-11H,3-6,12-13H2,1-2H3,(H,19,22)(H,20,21). The van der Waals surface area contributed by atoms with Gasteiger partial charge >= 0.3 is 5.97 Å². The predicted octanol–water partition coefficient (Wildman–Crippen LogP) is 3.41. The summed E-state index contributed by atoms with van der Waals surface area (Å²) in [7, 11) is 0. The van der Waals surface area contributed by atoms with Crippen molar-refractivity contribution < 1.29 is 19.4 Å². The van der Waals surface area contributed by atoms with Gasteiger partial charge in [0, 0.05) is 18.5 Å². The quantitative estimate of drug-likeness (QED) is 0.512. The number of rotatable bonds is 10. The monoisotopic (exact) mass is 319 g/mol. The van der Waals surface area contributed by atoms with E-state index in [0.717, 1.165) is 18.6 Å². The van der Waals surface area contributed by atoms with E-state index in [1.807, 2.05) is 19.9 Å². The van der Waals surface area contributed by atoms with E-state index in [-0.39, 0.29) is 12.3 Å². The van der Waals surface area contributed by atoms with Gasteiger partial charge in [0.1, 0.15) is 12.4 Å². The zero-order valence-electron chi connectivity index (χ0n) is 13.8. The van der Waals surface area contributed by atoms with Crippen molar-refractivity contribution in [1.82, 2.24) is 5.32 Å². The molecule has 5 nitrogen and oxygen atoms in total. The fourth-order valence-electron chi connectivity index (χ4n) is 1.89. The first-order valence-electron chi connectivity index (χ1n) is 7.85. The van der Waals surface area contributed by atoms with E-state index in [1.165, 1.54) is 5.57 Å². The van der Waals surface area contributed by atoms with Crippen LogP contribution >= 0.6 is 0 Å². The van der Waals surface area contributed by atoms with Gasteiger partial charge in [-0.2, -0.15) is 0 Å². The lowest BCUT2D eigenvalue weighted by atomic mass is 10.2. The van der Waals surface area contributed by atoms with Crippen molar-refractivity contribution in [1.29, 1.82) is 0 Å². The van der Waals surface area contributed by atoms with E-state index in [9.17, 15) is 9.59 Å². The molecule has 1 amide bonds. The summed E-state index contributed by atoms with van der Waals surface area (Å²) in [5.74, 6) is -0.173. The summed E-state index contributed by atoms with van der Waals surface area (Å²) in [6.45, 7) is 5.10. The number of hydrogen-bond acceptors (Lipinski definition) is 3. The Morgan fingerprint density at radius 3 is 2.43 bits per heavy atom. The molecular formula is C18H25NO4. The summed E-state index contributed by atoms with van der Waals surface area (Å²) < 4.78 is 5.54. The first-order valence-corrected chi connectivity index (χ1v) is 7.85. The number of allylic oxidation sites excluding steroid dienone is 1. The van der Waals surface area contributed by atoms with E-state index < -0.39 is 5.97 Å². The van der Waals surface area contributed by atoms with Crippen LogP contribution in [0.15, 0.2) is 35.9 Å². The number of carboxylic acids is 1. The number of hydrogen-bond donors (Lipinski definition) is 2. The predicted molar refractivity (Wildman–Crippen MR) is 89.8 cm³/mol. The molecule has 0 atom stereocenters. The van der Waals surface area contributed by atoms with E-state index in [1.54, 1.807) is 24.3 Å². The molecule has 0 radical (unpaired) electrons. The van der Waals surface area contributed by atoms with E-state index in [0.29, 0.717) is 25.1 Å². The molecule has 126 valence electrons. The number of carbonyl (C=O) groups is 2. The molecule has 0 saturated carbocycles. The number of nitrogens with one attached hydrogen (secondary N) is 1. The van der Waals surface area contributed by atoms with Crippen LogP contribution in [0.2, 0.25) is 0 Å². The maximum atomic E-state index is 11.9. The molecule has 0 aliphatic carbocycles. The second-order valence-electron chi connectivity index (χ2n) is 5.58. The van der Waals surface area contributed by atoms with Crippen molar-refractivity contribution >= 4 is 11.9 Å². The number of carboxylic acid groups (broad SMARTS) is 1. The van der Waals surface area contributed by atoms with Gasteiger partial charge in [-0.15, -0.1) is 0 Å². The van der Waals surface area contributed by atoms with Crippen molar-refractivity contribution in [3.8, 4) is 5.75 Å². The van der Waals surface area contributed by atoms with Gasteiger partial charge in [0.2, 0.25) is 0 Å². The summed E-state index contributed by atoms with van der Waals surface area (Å²) in [5.41, 5.74) is 1.79. The fraction of sp³-hybridized carbons (Fsp3) is 0.444. The minimum absolute atomic E-state index is 0.126. The Balaban J connectivity index is 2.28. The summed E-state index contributed by atoms with van der Waals surface area (Å²) in [4.78, 5) is 22.3.